The van der Waals surface area contributed by atoms with Crippen molar-refractivity contribution in [3.8, 4) is 0 Å². The van der Waals surface area contributed by atoms with Crippen molar-refractivity contribution in [1.29, 1.82) is 0 Å². The molecule has 0 radical (unpaired) electrons. The summed E-state index contributed by atoms with van der Waals surface area (Å²) in [6, 6.07) is 0. The number of fused-ring (bicyclic) bond motifs is 1. The smallest absolute Gasteiger partial charge is 0.105 e. The van der Waals surface area contributed by atoms with Gasteiger partial charge in [-0.15, -0.1) is 0 Å². The first-order chi connectivity index (χ1) is 14.0. The fraction of sp³-hybridized carbons (Fsp3) is 0.769. The molecule has 7 atom stereocenters. The van der Waals surface area contributed by atoms with E-state index in [0.29, 0.717) is 28.7 Å². The molecule has 3 rings (SSSR count). The lowest BCUT2D eigenvalue weighted by atomic mass is 9.62. The monoisotopic (exact) mass is 418 g/mol. The van der Waals surface area contributed by atoms with Crippen LogP contribution in [0, 0.1) is 23.2 Å². The van der Waals surface area contributed by atoms with Crippen LogP contribution in [0.25, 0.3) is 0 Å². The Labute approximate surface area is 182 Å². The largest absolute Gasteiger partial charge is 0.390 e. The van der Waals surface area contributed by atoms with Crippen molar-refractivity contribution in [2.45, 2.75) is 103 Å². The van der Waals surface area contributed by atoms with E-state index in [-0.39, 0.29) is 6.42 Å². The minimum Gasteiger partial charge on any atom is -0.390 e. The van der Waals surface area contributed by atoms with Gasteiger partial charge in [-0.2, -0.15) is 0 Å². The highest BCUT2D eigenvalue weighted by Crippen LogP contribution is 2.58. The summed E-state index contributed by atoms with van der Waals surface area (Å²) in [7, 11) is 0. The van der Waals surface area contributed by atoms with E-state index in [1.54, 1.807) is 6.08 Å². The van der Waals surface area contributed by atoms with E-state index in [0.717, 1.165) is 19.3 Å². The van der Waals surface area contributed by atoms with Gasteiger partial charge in [0.2, 0.25) is 0 Å². The Hall–Kier alpha value is -0.940. The van der Waals surface area contributed by atoms with Crippen LogP contribution in [-0.2, 0) is 0 Å². The molecule has 3 aliphatic carbocycles. The molecule has 0 aliphatic heterocycles. The van der Waals surface area contributed by atoms with Crippen LogP contribution in [0.15, 0.2) is 35.5 Å². The molecule has 0 heterocycles. The summed E-state index contributed by atoms with van der Waals surface area (Å²) in [5.74, 6) is 1.88. The summed E-state index contributed by atoms with van der Waals surface area (Å²) in [5.41, 5.74) is 1.68. The maximum atomic E-state index is 10.3. The Kier molecular flexibility index (Phi) is 7.33. The Morgan fingerprint density at radius 3 is 2.57 bits per heavy atom. The van der Waals surface area contributed by atoms with Gasteiger partial charge in [-0.1, -0.05) is 51.0 Å². The highest BCUT2D eigenvalue weighted by molar-refractivity contribution is 5.36. The summed E-state index contributed by atoms with van der Waals surface area (Å²) in [4.78, 5) is 0. The standard InChI is InChI=1S/C26H42O4/c1-17(7-5-13-25(2,3)30)21-11-12-22-18(8-6-14-26(21,22)4)9-10-19-15-20(27)16-23(28)24(19)29/h8-10,15,17,20-24,27-30H,5-7,11-14,16H2,1-4H3/b10-9-/t17-,20-,21-,22-,23+,24?,26-/m1/s1. The highest BCUT2D eigenvalue weighted by Gasteiger charge is 2.49. The first kappa shape index (κ1) is 23.7. The molecule has 0 aromatic carbocycles. The van der Waals surface area contributed by atoms with Gasteiger partial charge in [0.05, 0.1) is 17.8 Å². The second-order valence-corrected chi connectivity index (χ2v) is 11.0. The highest BCUT2D eigenvalue weighted by atomic mass is 16.3. The lowest BCUT2D eigenvalue weighted by molar-refractivity contribution is 0.00523. The molecule has 1 fully saturated rings. The van der Waals surface area contributed by atoms with Crippen LogP contribution in [-0.4, -0.2) is 44.3 Å². The average Bonchev–Trinajstić information content (AvgIpc) is 3.00. The van der Waals surface area contributed by atoms with Crippen molar-refractivity contribution < 1.29 is 20.4 Å². The molecular formula is C26H42O4. The van der Waals surface area contributed by atoms with Gasteiger partial charge in [-0.25, -0.2) is 0 Å². The van der Waals surface area contributed by atoms with E-state index in [9.17, 15) is 20.4 Å². The number of rotatable bonds is 7. The molecule has 170 valence electrons. The van der Waals surface area contributed by atoms with E-state index >= 15 is 0 Å². The molecule has 0 aromatic heterocycles. The number of aliphatic hydroxyl groups is 4. The van der Waals surface area contributed by atoms with Gasteiger partial charge in [-0.3, -0.25) is 0 Å². The number of hydrogen-bond acceptors (Lipinski definition) is 4. The quantitative estimate of drug-likeness (QED) is 0.497. The maximum Gasteiger partial charge on any atom is 0.105 e. The van der Waals surface area contributed by atoms with Gasteiger partial charge in [-0.05, 0) is 80.3 Å². The topological polar surface area (TPSA) is 80.9 Å². The van der Waals surface area contributed by atoms with E-state index in [4.69, 9.17) is 0 Å². The molecule has 0 saturated heterocycles. The van der Waals surface area contributed by atoms with E-state index < -0.39 is 23.9 Å². The lowest BCUT2D eigenvalue weighted by Crippen LogP contribution is -2.36. The van der Waals surface area contributed by atoms with Crippen molar-refractivity contribution in [1.82, 2.24) is 0 Å². The predicted octanol–water partition coefficient (Wildman–Crippen LogP) is 4.29. The fourth-order valence-electron chi connectivity index (χ4n) is 6.37. The molecule has 30 heavy (non-hydrogen) atoms. The van der Waals surface area contributed by atoms with Gasteiger partial charge < -0.3 is 20.4 Å². The zero-order chi connectivity index (χ0) is 22.1. The first-order valence-corrected chi connectivity index (χ1v) is 11.9. The van der Waals surface area contributed by atoms with E-state index in [1.807, 2.05) is 19.9 Å². The minimum atomic E-state index is -0.924. The van der Waals surface area contributed by atoms with Crippen molar-refractivity contribution in [3.63, 3.8) is 0 Å². The van der Waals surface area contributed by atoms with Gasteiger partial charge in [0.1, 0.15) is 6.10 Å². The van der Waals surface area contributed by atoms with E-state index in [2.05, 4.69) is 26.0 Å². The summed E-state index contributed by atoms with van der Waals surface area (Å²) in [6.45, 7) is 8.64. The summed E-state index contributed by atoms with van der Waals surface area (Å²) in [5, 5.41) is 40.1. The third kappa shape index (κ3) is 5.27. The van der Waals surface area contributed by atoms with E-state index in [1.165, 1.54) is 31.3 Å². The third-order valence-electron chi connectivity index (χ3n) is 8.05. The van der Waals surface area contributed by atoms with Crippen molar-refractivity contribution in [2.75, 3.05) is 0 Å². The van der Waals surface area contributed by atoms with Crippen LogP contribution in [0.1, 0.15) is 79.1 Å². The number of hydrogen-bond donors (Lipinski definition) is 4. The SMILES string of the molecule is C[C@H](CCCC(C)(C)O)[C@H]1CC[C@@H]2C(/C=C\C3=C[C@@H](O)C[C@H](O)C3O)=CCC[C@@]21C. The molecule has 4 N–H and O–H groups in total. The predicted molar refractivity (Wildman–Crippen MR) is 121 cm³/mol. The Bertz CT molecular complexity index is 686. The maximum absolute atomic E-state index is 10.3. The minimum absolute atomic E-state index is 0.189. The summed E-state index contributed by atoms with van der Waals surface area (Å²) >= 11 is 0. The first-order valence-electron chi connectivity index (χ1n) is 11.9. The van der Waals surface area contributed by atoms with Crippen LogP contribution in [0.2, 0.25) is 0 Å². The van der Waals surface area contributed by atoms with Crippen LogP contribution >= 0.6 is 0 Å². The van der Waals surface area contributed by atoms with Crippen LogP contribution < -0.4 is 0 Å². The zero-order valence-corrected chi connectivity index (χ0v) is 19.2. The number of allylic oxidation sites excluding steroid dienone is 3. The second-order valence-electron chi connectivity index (χ2n) is 11.0. The van der Waals surface area contributed by atoms with Crippen LogP contribution in [0.5, 0.6) is 0 Å². The molecule has 1 unspecified atom stereocenters. The average molecular weight is 419 g/mol. The third-order valence-corrected chi connectivity index (χ3v) is 8.05. The Morgan fingerprint density at radius 1 is 1.17 bits per heavy atom. The summed E-state index contributed by atoms with van der Waals surface area (Å²) in [6.07, 6.45) is 13.5. The molecule has 0 aromatic rings. The normalized spacial score (nSPS) is 38.3. The van der Waals surface area contributed by atoms with Gasteiger partial charge in [0.15, 0.2) is 0 Å². The van der Waals surface area contributed by atoms with Gasteiger partial charge in [0.25, 0.3) is 0 Å². The molecule has 4 nitrogen and oxygen atoms in total. The zero-order valence-electron chi connectivity index (χ0n) is 19.2. The molecule has 3 aliphatic rings. The summed E-state index contributed by atoms with van der Waals surface area (Å²) < 4.78 is 0. The van der Waals surface area contributed by atoms with Crippen LogP contribution in [0.4, 0.5) is 0 Å². The Morgan fingerprint density at radius 2 is 1.87 bits per heavy atom. The molecule has 4 heteroatoms. The molecule has 0 amide bonds. The fourth-order valence-corrected chi connectivity index (χ4v) is 6.37. The Balaban J connectivity index is 1.67. The molecule has 0 spiro atoms. The number of aliphatic hydroxyl groups excluding tert-OH is 3. The molecular weight excluding hydrogens is 376 g/mol. The van der Waals surface area contributed by atoms with Crippen molar-refractivity contribution in [2.24, 2.45) is 23.2 Å². The lowest BCUT2D eigenvalue weighted by Gasteiger charge is -2.43. The van der Waals surface area contributed by atoms with Crippen LogP contribution in [0.3, 0.4) is 0 Å². The van der Waals surface area contributed by atoms with Gasteiger partial charge >= 0.3 is 0 Å². The molecule has 0 bridgehead atoms. The second kappa shape index (κ2) is 9.28. The molecule has 1 saturated carbocycles. The van der Waals surface area contributed by atoms with Crippen molar-refractivity contribution >= 4 is 0 Å². The van der Waals surface area contributed by atoms with Gasteiger partial charge in [0, 0.05) is 6.42 Å². The van der Waals surface area contributed by atoms with Crippen molar-refractivity contribution in [3.05, 3.63) is 35.5 Å².